The summed E-state index contributed by atoms with van der Waals surface area (Å²) >= 11 is 0. The van der Waals surface area contributed by atoms with Crippen LogP contribution in [0, 0.1) is 0 Å². The van der Waals surface area contributed by atoms with Gasteiger partial charge in [-0.05, 0) is 36.1 Å². The molecule has 1 amide bonds. The molecule has 0 aliphatic rings. The Labute approximate surface area is 208 Å². The highest BCUT2D eigenvalue weighted by Gasteiger charge is 2.26. The lowest BCUT2D eigenvalue weighted by Crippen LogP contribution is -2.33. The van der Waals surface area contributed by atoms with Crippen molar-refractivity contribution in [3.8, 4) is 22.6 Å². The maximum atomic E-state index is 13.4. The molecular formula is C28H26N2O6. The molecule has 0 saturated carbocycles. The van der Waals surface area contributed by atoms with Gasteiger partial charge in [-0.3, -0.25) is 9.59 Å². The molecule has 1 N–H and O–H groups in total. The molecule has 0 radical (unpaired) electrons. The number of fused-ring (bicyclic) bond motifs is 1. The first kappa shape index (κ1) is 24.5. The number of nitrogens with one attached hydrogen (secondary N) is 1. The second kappa shape index (κ2) is 10.4. The second-order valence-electron chi connectivity index (χ2n) is 8.10. The maximum absolute atomic E-state index is 13.4. The number of pyridine rings is 1. The second-order valence-corrected chi connectivity index (χ2v) is 8.10. The predicted octanol–water partition coefficient (Wildman–Crippen LogP) is 4.41. The highest BCUT2D eigenvalue weighted by Crippen LogP contribution is 2.32. The zero-order chi connectivity index (χ0) is 25.8. The van der Waals surface area contributed by atoms with E-state index in [1.807, 2.05) is 36.4 Å². The standard InChI is InChI=1S/C28H26N2O6/c1-17(26(31)29-22-15-14-19(34-3)16-23(22)35-4)36-28(33)25-24(18-10-6-5-7-11-18)20-12-8-9-13-21(20)27(32)30(25)2/h5-17H,1-4H3,(H,29,31). The normalized spacial score (nSPS) is 11.6. The number of aromatic nitrogens is 1. The maximum Gasteiger partial charge on any atom is 0.356 e. The zero-order valence-electron chi connectivity index (χ0n) is 20.4. The number of anilines is 1. The van der Waals surface area contributed by atoms with Crippen LogP contribution in [0.2, 0.25) is 0 Å². The minimum Gasteiger partial charge on any atom is -0.497 e. The molecule has 8 heteroatoms. The zero-order valence-corrected chi connectivity index (χ0v) is 20.4. The number of nitrogens with zero attached hydrogens (tertiary/aromatic N) is 1. The number of hydrogen-bond acceptors (Lipinski definition) is 6. The first-order chi connectivity index (χ1) is 17.3. The summed E-state index contributed by atoms with van der Waals surface area (Å²) in [5, 5.41) is 3.81. The molecule has 4 rings (SSSR count). The van der Waals surface area contributed by atoms with Crippen LogP contribution in [-0.2, 0) is 16.6 Å². The van der Waals surface area contributed by atoms with E-state index in [4.69, 9.17) is 14.2 Å². The number of hydrogen-bond donors (Lipinski definition) is 1. The largest absolute Gasteiger partial charge is 0.497 e. The third-order valence-corrected chi connectivity index (χ3v) is 5.88. The van der Waals surface area contributed by atoms with Crippen LogP contribution in [-0.4, -0.2) is 36.8 Å². The van der Waals surface area contributed by atoms with Crippen LogP contribution in [0.3, 0.4) is 0 Å². The molecule has 0 aliphatic heterocycles. The van der Waals surface area contributed by atoms with Gasteiger partial charge in [0.1, 0.15) is 17.2 Å². The van der Waals surface area contributed by atoms with Crippen molar-refractivity contribution in [1.82, 2.24) is 4.57 Å². The Hall–Kier alpha value is -4.59. The fourth-order valence-corrected chi connectivity index (χ4v) is 4.01. The Bertz CT molecular complexity index is 1490. The number of methoxy groups -OCH3 is 2. The fourth-order valence-electron chi connectivity index (χ4n) is 4.01. The van der Waals surface area contributed by atoms with Crippen LogP contribution in [0.5, 0.6) is 11.5 Å². The summed E-state index contributed by atoms with van der Waals surface area (Å²) in [6.07, 6.45) is -1.16. The highest BCUT2D eigenvalue weighted by atomic mass is 16.5. The van der Waals surface area contributed by atoms with Gasteiger partial charge >= 0.3 is 5.97 Å². The molecule has 8 nitrogen and oxygen atoms in total. The van der Waals surface area contributed by atoms with Crippen molar-refractivity contribution in [3.63, 3.8) is 0 Å². The van der Waals surface area contributed by atoms with Gasteiger partial charge < -0.3 is 24.1 Å². The molecule has 1 unspecified atom stereocenters. The van der Waals surface area contributed by atoms with E-state index in [1.54, 1.807) is 36.4 Å². The number of esters is 1. The first-order valence-electron chi connectivity index (χ1n) is 11.3. The molecule has 0 bridgehead atoms. The van der Waals surface area contributed by atoms with E-state index in [-0.39, 0.29) is 11.3 Å². The fraction of sp³-hybridized carbons (Fsp3) is 0.179. The monoisotopic (exact) mass is 486 g/mol. The van der Waals surface area contributed by atoms with Crippen molar-refractivity contribution in [2.45, 2.75) is 13.0 Å². The van der Waals surface area contributed by atoms with Crippen molar-refractivity contribution in [2.24, 2.45) is 7.05 Å². The van der Waals surface area contributed by atoms with Gasteiger partial charge in [-0.15, -0.1) is 0 Å². The Kier molecular flexibility index (Phi) is 7.05. The third-order valence-electron chi connectivity index (χ3n) is 5.88. The van der Waals surface area contributed by atoms with Crippen molar-refractivity contribution in [1.29, 1.82) is 0 Å². The molecule has 4 aromatic rings. The molecule has 3 aromatic carbocycles. The Balaban J connectivity index is 1.69. The van der Waals surface area contributed by atoms with E-state index in [9.17, 15) is 14.4 Å². The molecule has 0 fully saturated rings. The smallest absolute Gasteiger partial charge is 0.356 e. The van der Waals surface area contributed by atoms with Gasteiger partial charge in [0.2, 0.25) is 0 Å². The molecule has 184 valence electrons. The Morgan fingerprint density at radius 2 is 1.56 bits per heavy atom. The van der Waals surface area contributed by atoms with Crippen LogP contribution in [0.15, 0.2) is 77.6 Å². The number of carbonyl (C=O) groups is 2. The summed E-state index contributed by atoms with van der Waals surface area (Å²) in [6, 6.07) is 21.3. The molecule has 0 saturated heterocycles. The third kappa shape index (κ3) is 4.65. The van der Waals surface area contributed by atoms with Gasteiger partial charge in [0.05, 0.1) is 19.9 Å². The van der Waals surface area contributed by atoms with E-state index in [0.717, 1.165) is 5.56 Å². The molecule has 1 heterocycles. The number of rotatable bonds is 7. The van der Waals surface area contributed by atoms with Gasteiger partial charge in [-0.1, -0.05) is 48.5 Å². The average Bonchev–Trinajstić information content (AvgIpc) is 2.91. The molecule has 0 spiro atoms. The number of benzene rings is 3. The summed E-state index contributed by atoms with van der Waals surface area (Å²) in [5.74, 6) is -0.387. The predicted molar refractivity (Wildman–Crippen MR) is 138 cm³/mol. The molecular weight excluding hydrogens is 460 g/mol. The van der Waals surface area contributed by atoms with Crippen LogP contribution in [0.25, 0.3) is 21.9 Å². The van der Waals surface area contributed by atoms with E-state index >= 15 is 0 Å². The average molecular weight is 487 g/mol. The Morgan fingerprint density at radius 1 is 0.889 bits per heavy atom. The summed E-state index contributed by atoms with van der Waals surface area (Å²) < 4.78 is 17.3. The number of carbonyl (C=O) groups excluding carboxylic acids is 2. The molecule has 1 aromatic heterocycles. The van der Waals surface area contributed by atoms with Crippen molar-refractivity contribution in [3.05, 3.63) is 88.8 Å². The first-order valence-corrected chi connectivity index (χ1v) is 11.3. The summed E-state index contributed by atoms with van der Waals surface area (Å²) in [6.45, 7) is 1.46. The van der Waals surface area contributed by atoms with E-state index in [1.165, 1.54) is 32.8 Å². The lowest BCUT2D eigenvalue weighted by atomic mass is 9.97. The highest BCUT2D eigenvalue weighted by molar-refractivity contribution is 6.07. The van der Waals surface area contributed by atoms with Gasteiger partial charge in [-0.25, -0.2) is 4.79 Å². The quantitative estimate of drug-likeness (QED) is 0.389. The van der Waals surface area contributed by atoms with Gasteiger partial charge in [0.15, 0.2) is 6.10 Å². The van der Waals surface area contributed by atoms with Crippen LogP contribution in [0.4, 0.5) is 5.69 Å². The van der Waals surface area contributed by atoms with Crippen LogP contribution >= 0.6 is 0 Å². The minimum atomic E-state index is -1.16. The Morgan fingerprint density at radius 3 is 2.22 bits per heavy atom. The van der Waals surface area contributed by atoms with E-state index < -0.39 is 18.0 Å². The SMILES string of the molecule is COc1ccc(NC(=O)C(C)OC(=O)c2c(-c3ccccc3)c3ccccc3c(=O)n2C)c(OC)c1. The molecule has 1 atom stereocenters. The van der Waals surface area contributed by atoms with Crippen molar-refractivity contribution in [2.75, 3.05) is 19.5 Å². The van der Waals surface area contributed by atoms with Gasteiger partial charge in [0, 0.05) is 24.1 Å². The summed E-state index contributed by atoms with van der Waals surface area (Å²) in [7, 11) is 4.52. The van der Waals surface area contributed by atoms with Gasteiger partial charge in [0.25, 0.3) is 11.5 Å². The number of amides is 1. The molecule has 0 aliphatic carbocycles. The van der Waals surface area contributed by atoms with Crippen LogP contribution < -0.4 is 20.3 Å². The van der Waals surface area contributed by atoms with Crippen molar-refractivity contribution >= 4 is 28.3 Å². The molecule has 36 heavy (non-hydrogen) atoms. The van der Waals surface area contributed by atoms with E-state index in [2.05, 4.69) is 5.32 Å². The van der Waals surface area contributed by atoms with Crippen LogP contribution in [0.1, 0.15) is 17.4 Å². The summed E-state index contributed by atoms with van der Waals surface area (Å²) in [4.78, 5) is 39.4. The van der Waals surface area contributed by atoms with Crippen molar-refractivity contribution < 1.29 is 23.8 Å². The minimum absolute atomic E-state index is 0.0616. The summed E-state index contributed by atoms with van der Waals surface area (Å²) in [5.41, 5.74) is 1.43. The number of ether oxygens (including phenoxy) is 3. The lowest BCUT2D eigenvalue weighted by molar-refractivity contribution is -0.123. The lowest BCUT2D eigenvalue weighted by Gasteiger charge is -2.19. The van der Waals surface area contributed by atoms with Gasteiger partial charge in [-0.2, -0.15) is 0 Å². The topological polar surface area (TPSA) is 95.9 Å². The van der Waals surface area contributed by atoms with E-state index in [0.29, 0.717) is 33.5 Å².